The monoisotopic (exact) mass is 413 g/mol. The van der Waals surface area contributed by atoms with Crippen LogP contribution in [0.2, 0.25) is 0 Å². The highest BCUT2D eigenvalue weighted by molar-refractivity contribution is 7.89. The molecule has 0 spiro atoms. The molecule has 2 atom stereocenters. The van der Waals surface area contributed by atoms with Gasteiger partial charge >= 0.3 is 0 Å². The lowest BCUT2D eigenvalue weighted by atomic mass is 10.00. The van der Waals surface area contributed by atoms with Gasteiger partial charge in [-0.05, 0) is 40.8 Å². The molecule has 2 aliphatic heterocycles. The third-order valence-corrected chi connectivity index (χ3v) is 7.41. The van der Waals surface area contributed by atoms with E-state index in [4.69, 9.17) is 4.52 Å². The number of carbonyl (C=O) groups excluding carboxylic acids is 1. The van der Waals surface area contributed by atoms with Crippen LogP contribution >= 0.6 is 0 Å². The number of nitrogens with one attached hydrogen (secondary N) is 1. The fourth-order valence-electron chi connectivity index (χ4n) is 4.13. The van der Waals surface area contributed by atoms with Gasteiger partial charge in [-0.25, -0.2) is 13.1 Å². The Morgan fingerprint density at radius 1 is 1.07 bits per heavy atom. The molecule has 10 heteroatoms. The van der Waals surface area contributed by atoms with Crippen molar-refractivity contribution in [1.29, 1.82) is 0 Å². The molecule has 0 aliphatic carbocycles. The van der Waals surface area contributed by atoms with Crippen LogP contribution in [0.3, 0.4) is 0 Å². The number of carbonyl (C=O) groups is 1. The fraction of sp³-hybridized carbons (Fsp3) is 0.778. The number of aryl methyl sites for hydroxylation is 2. The molecule has 1 aromatic heterocycles. The molecule has 1 amide bonds. The number of piperazine rings is 1. The number of amides is 1. The second kappa shape index (κ2) is 8.48. The minimum absolute atomic E-state index is 0.0954. The molecule has 0 saturated carbocycles. The van der Waals surface area contributed by atoms with Crippen LogP contribution in [0.15, 0.2) is 9.42 Å². The molecule has 158 valence electrons. The Labute approximate surface area is 167 Å². The fourth-order valence-corrected chi connectivity index (χ4v) is 5.72. The summed E-state index contributed by atoms with van der Waals surface area (Å²) in [6.45, 7) is 7.75. The molecule has 0 unspecified atom stereocenters. The highest BCUT2D eigenvalue weighted by Gasteiger charge is 2.33. The molecule has 3 rings (SSSR count). The van der Waals surface area contributed by atoms with Crippen molar-refractivity contribution in [3.05, 3.63) is 11.5 Å². The predicted molar refractivity (Wildman–Crippen MR) is 104 cm³/mol. The van der Waals surface area contributed by atoms with Gasteiger partial charge in [-0.3, -0.25) is 4.79 Å². The number of likely N-dealkylation sites (tertiary alicyclic amines) is 1. The number of nitrogens with zero attached hydrogens (tertiary/aromatic N) is 4. The van der Waals surface area contributed by atoms with E-state index >= 15 is 0 Å². The predicted octanol–water partition coefficient (Wildman–Crippen LogP) is 0.0541. The Morgan fingerprint density at radius 2 is 1.75 bits per heavy atom. The van der Waals surface area contributed by atoms with E-state index in [1.807, 2.05) is 16.8 Å². The molecule has 1 N–H and O–H groups in total. The van der Waals surface area contributed by atoms with Gasteiger partial charge in [-0.15, -0.1) is 0 Å². The van der Waals surface area contributed by atoms with Crippen molar-refractivity contribution in [1.82, 2.24) is 24.6 Å². The molecular formula is C18H31N5O4S. The van der Waals surface area contributed by atoms with E-state index in [9.17, 15) is 13.2 Å². The van der Waals surface area contributed by atoms with Crippen LogP contribution in [-0.4, -0.2) is 93.6 Å². The lowest BCUT2D eigenvalue weighted by molar-refractivity contribution is -0.137. The molecule has 9 nitrogen and oxygen atoms in total. The summed E-state index contributed by atoms with van der Waals surface area (Å²) >= 11 is 0. The van der Waals surface area contributed by atoms with Crippen molar-refractivity contribution < 1.29 is 17.7 Å². The third-order valence-electron chi connectivity index (χ3n) is 5.65. The summed E-state index contributed by atoms with van der Waals surface area (Å²) in [6, 6.07) is -0.256. The van der Waals surface area contributed by atoms with Gasteiger partial charge < -0.3 is 19.2 Å². The smallest absolute Gasteiger partial charge is 0.246 e. The van der Waals surface area contributed by atoms with Gasteiger partial charge in [0.05, 0.1) is 5.92 Å². The molecule has 3 heterocycles. The lowest BCUT2D eigenvalue weighted by Gasteiger charge is -2.35. The number of rotatable bonds is 4. The zero-order valence-electron chi connectivity index (χ0n) is 17.1. The summed E-state index contributed by atoms with van der Waals surface area (Å²) in [6.07, 6.45) is 1.29. The highest BCUT2D eigenvalue weighted by atomic mass is 32.2. The van der Waals surface area contributed by atoms with Crippen LogP contribution in [-0.2, 0) is 14.8 Å². The minimum atomic E-state index is -3.72. The summed E-state index contributed by atoms with van der Waals surface area (Å²) in [5.74, 6) is 0.381. The largest absolute Gasteiger partial charge is 0.360 e. The number of likely N-dealkylation sites (N-methyl/N-ethyl adjacent to an activating group) is 2. The summed E-state index contributed by atoms with van der Waals surface area (Å²) in [4.78, 5) is 19.3. The van der Waals surface area contributed by atoms with E-state index in [0.717, 1.165) is 26.2 Å². The molecule has 2 aliphatic rings. The molecule has 2 fully saturated rings. The van der Waals surface area contributed by atoms with E-state index in [1.54, 1.807) is 13.8 Å². The minimum Gasteiger partial charge on any atom is -0.360 e. The maximum absolute atomic E-state index is 12.9. The molecular weight excluding hydrogens is 382 g/mol. The van der Waals surface area contributed by atoms with Crippen LogP contribution in [0, 0.1) is 19.8 Å². The zero-order valence-corrected chi connectivity index (χ0v) is 18.0. The standard InChI is InChI=1S/C18H31N5O4S/c1-13-17(14(2)27-19-13)28(25,26)20-16-6-5-15(11-22(4)12-16)18(24)23-9-7-21(3)8-10-23/h15-16,20H,5-12H2,1-4H3/t15-,16+/m1/s1. The Hall–Kier alpha value is -1.49. The average molecular weight is 414 g/mol. The van der Waals surface area contributed by atoms with Gasteiger partial charge in [0.1, 0.15) is 10.6 Å². The molecule has 0 bridgehead atoms. The SMILES string of the molecule is Cc1noc(C)c1S(=O)(=O)N[C@H]1CC[C@@H](C(=O)N2CCN(C)CC2)CN(C)C1. The first-order valence-corrected chi connectivity index (χ1v) is 11.3. The van der Waals surface area contributed by atoms with Crippen molar-refractivity contribution in [3.63, 3.8) is 0 Å². The zero-order chi connectivity index (χ0) is 20.5. The quantitative estimate of drug-likeness (QED) is 0.745. The van der Waals surface area contributed by atoms with Gasteiger partial charge in [0.15, 0.2) is 5.76 Å². The van der Waals surface area contributed by atoms with Crippen LogP contribution in [0.25, 0.3) is 0 Å². The molecule has 2 saturated heterocycles. The van der Waals surface area contributed by atoms with Crippen LogP contribution in [0.5, 0.6) is 0 Å². The Kier molecular flexibility index (Phi) is 6.43. The summed E-state index contributed by atoms with van der Waals surface area (Å²) in [5.41, 5.74) is 0.357. The Bertz CT molecular complexity index is 781. The maximum atomic E-state index is 12.9. The molecule has 28 heavy (non-hydrogen) atoms. The number of hydrogen-bond acceptors (Lipinski definition) is 7. The summed E-state index contributed by atoms with van der Waals surface area (Å²) < 4.78 is 33.4. The summed E-state index contributed by atoms with van der Waals surface area (Å²) in [7, 11) is 0.288. The van der Waals surface area contributed by atoms with E-state index < -0.39 is 10.0 Å². The van der Waals surface area contributed by atoms with Crippen LogP contribution in [0.1, 0.15) is 24.3 Å². The van der Waals surface area contributed by atoms with E-state index in [0.29, 0.717) is 31.6 Å². The van der Waals surface area contributed by atoms with Gasteiger partial charge in [0, 0.05) is 45.3 Å². The normalized spacial score (nSPS) is 25.6. The van der Waals surface area contributed by atoms with Crippen molar-refractivity contribution in [3.8, 4) is 0 Å². The Balaban J connectivity index is 1.65. The molecule has 1 aromatic rings. The van der Waals surface area contributed by atoms with Crippen LogP contribution in [0.4, 0.5) is 0 Å². The number of sulfonamides is 1. The maximum Gasteiger partial charge on any atom is 0.246 e. The first-order chi connectivity index (χ1) is 13.2. The summed E-state index contributed by atoms with van der Waals surface area (Å²) in [5, 5.41) is 3.74. The Morgan fingerprint density at radius 3 is 2.36 bits per heavy atom. The second-order valence-corrected chi connectivity index (χ2v) is 9.75. The van der Waals surface area contributed by atoms with E-state index in [1.165, 1.54) is 0 Å². The molecule has 0 radical (unpaired) electrons. The van der Waals surface area contributed by atoms with Gasteiger partial charge in [0.2, 0.25) is 15.9 Å². The molecule has 0 aromatic carbocycles. The first kappa shape index (κ1) is 21.2. The average Bonchev–Trinajstić information content (AvgIpc) is 2.86. The van der Waals surface area contributed by atoms with Crippen molar-refractivity contribution >= 4 is 15.9 Å². The van der Waals surface area contributed by atoms with Crippen molar-refractivity contribution in [2.75, 3.05) is 53.4 Å². The third kappa shape index (κ3) is 4.73. The van der Waals surface area contributed by atoms with Gasteiger partial charge in [0.25, 0.3) is 0 Å². The van der Waals surface area contributed by atoms with E-state index in [2.05, 4.69) is 21.8 Å². The number of aromatic nitrogens is 1. The lowest BCUT2D eigenvalue weighted by Crippen LogP contribution is -2.50. The topological polar surface area (TPSA) is 99.0 Å². The van der Waals surface area contributed by atoms with Crippen molar-refractivity contribution in [2.24, 2.45) is 5.92 Å². The van der Waals surface area contributed by atoms with E-state index in [-0.39, 0.29) is 28.5 Å². The van der Waals surface area contributed by atoms with Crippen molar-refractivity contribution in [2.45, 2.75) is 37.6 Å². The second-order valence-electron chi connectivity index (χ2n) is 8.10. The van der Waals surface area contributed by atoms with Gasteiger partial charge in [-0.2, -0.15) is 0 Å². The number of hydrogen-bond donors (Lipinski definition) is 1. The van der Waals surface area contributed by atoms with Crippen LogP contribution < -0.4 is 4.72 Å². The highest BCUT2D eigenvalue weighted by Crippen LogP contribution is 2.23. The van der Waals surface area contributed by atoms with Gasteiger partial charge in [-0.1, -0.05) is 5.16 Å². The first-order valence-electron chi connectivity index (χ1n) is 9.78.